The summed E-state index contributed by atoms with van der Waals surface area (Å²) in [4.78, 5) is 10.9. The Morgan fingerprint density at radius 2 is 2.20 bits per heavy atom. The van der Waals surface area contributed by atoms with E-state index in [1.807, 2.05) is 0 Å². The minimum atomic E-state index is 0.00675. The average Bonchev–Trinajstić information content (AvgIpc) is 1.93. The van der Waals surface area contributed by atoms with Gasteiger partial charge in [0.25, 0.3) is 5.56 Å². The second kappa shape index (κ2) is 3.04. The Labute approximate surface area is 80.5 Å². The van der Waals surface area contributed by atoms with Crippen LogP contribution >= 0.6 is 38.5 Å². The summed E-state index contributed by atoms with van der Waals surface area (Å²) in [6.45, 7) is 0. The third kappa shape index (κ3) is 1.42. The van der Waals surface area contributed by atoms with Gasteiger partial charge in [0.15, 0.2) is 0 Å². The van der Waals surface area contributed by atoms with E-state index >= 15 is 0 Å². The Hall–Kier alpha value is 0.160. The van der Waals surface area contributed by atoms with Crippen LogP contribution in [0.15, 0.2) is 21.5 Å². The van der Waals surface area contributed by atoms with Crippen molar-refractivity contribution >= 4 is 38.5 Å². The van der Waals surface area contributed by atoms with Gasteiger partial charge in [0.05, 0.1) is 0 Å². The predicted molar refractivity (Wildman–Crippen MR) is 52.1 cm³/mol. The van der Waals surface area contributed by atoms with Crippen molar-refractivity contribution in [3.05, 3.63) is 30.7 Å². The molecule has 0 unspecified atom stereocenters. The van der Waals surface area contributed by atoms with Crippen LogP contribution in [0.4, 0.5) is 0 Å². The average molecular weight is 314 g/mol. The van der Waals surface area contributed by atoms with Crippen LogP contribution in [-0.4, -0.2) is 4.57 Å². The zero-order chi connectivity index (χ0) is 7.72. The topological polar surface area (TPSA) is 22.0 Å². The molecule has 0 amide bonds. The van der Waals surface area contributed by atoms with Crippen LogP contribution in [0.3, 0.4) is 0 Å². The Morgan fingerprint density at radius 3 is 2.70 bits per heavy atom. The molecule has 0 aliphatic carbocycles. The fraction of sp³-hybridized carbons (Fsp3) is 0.167. The molecule has 4 heteroatoms. The molecule has 0 N–H and O–H groups in total. The Morgan fingerprint density at radius 1 is 1.60 bits per heavy atom. The van der Waals surface area contributed by atoms with Crippen molar-refractivity contribution in [2.75, 3.05) is 0 Å². The maximum absolute atomic E-state index is 10.9. The Bertz CT molecular complexity index is 307. The van der Waals surface area contributed by atoms with Gasteiger partial charge in [-0.2, -0.15) is 0 Å². The number of nitrogens with zero attached hydrogens (tertiary/aromatic N) is 1. The van der Waals surface area contributed by atoms with Crippen LogP contribution in [0.1, 0.15) is 0 Å². The summed E-state index contributed by atoms with van der Waals surface area (Å²) in [7, 11) is 1.73. The first kappa shape index (κ1) is 8.26. The maximum Gasteiger partial charge on any atom is 0.251 e. The Balaban J connectivity index is 3.49. The molecule has 0 fully saturated rings. The van der Waals surface area contributed by atoms with Gasteiger partial charge in [0.1, 0.15) is 4.60 Å². The van der Waals surface area contributed by atoms with Gasteiger partial charge in [0, 0.05) is 16.7 Å². The third-order valence-corrected chi connectivity index (χ3v) is 3.77. The molecule has 2 nitrogen and oxygen atoms in total. The van der Waals surface area contributed by atoms with E-state index in [4.69, 9.17) is 0 Å². The molecule has 1 heterocycles. The van der Waals surface area contributed by atoms with Crippen molar-refractivity contribution in [2.24, 2.45) is 7.05 Å². The number of pyridine rings is 1. The second-order valence-electron chi connectivity index (χ2n) is 1.87. The lowest BCUT2D eigenvalue weighted by molar-refractivity contribution is 0.828. The number of hydrogen-bond acceptors (Lipinski definition) is 1. The van der Waals surface area contributed by atoms with Crippen LogP contribution in [0.2, 0.25) is 0 Å². The summed E-state index contributed by atoms with van der Waals surface area (Å²) >= 11 is 5.45. The van der Waals surface area contributed by atoms with Crippen LogP contribution in [0.5, 0.6) is 0 Å². The number of halogens is 2. The van der Waals surface area contributed by atoms with Gasteiger partial charge in [-0.3, -0.25) is 4.79 Å². The number of hydrogen-bond donors (Lipinski definition) is 0. The molecule has 0 spiro atoms. The highest BCUT2D eigenvalue weighted by Crippen LogP contribution is 2.14. The molecule has 0 radical (unpaired) electrons. The van der Waals surface area contributed by atoms with E-state index in [-0.39, 0.29) is 5.56 Å². The van der Waals surface area contributed by atoms with Crippen molar-refractivity contribution < 1.29 is 0 Å². The van der Waals surface area contributed by atoms with Crippen molar-refractivity contribution in [1.82, 2.24) is 4.57 Å². The molecule has 1 aromatic heterocycles. The molecule has 1 rings (SSSR count). The van der Waals surface area contributed by atoms with Gasteiger partial charge < -0.3 is 4.57 Å². The van der Waals surface area contributed by atoms with E-state index in [1.54, 1.807) is 23.7 Å². The van der Waals surface area contributed by atoms with E-state index in [1.165, 1.54) is 0 Å². The predicted octanol–water partition coefficient (Wildman–Crippen LogP) is 1.75. The lowest BCUT2D eigenvalue weighted by atomic mass is 10.5. The zero-order valence-corrected chi connectivity index (χ0v) is 9.01. The number of rotatable bonds is 0. The molecular formula is C6H5BrINO. The molecule has 0 saturated carbocycles. The fourth-order valence-corrected chi connectivity index (χ4v) is 1.43. The van der Waals surface area contributed by atoms with E-state index in [9.17, 15) is 4.79 Å². The van der Waals surface area contributed by atoms with Crippen LogP contribution in [0, 0.1) is 3.57 Å². The molecule has 0 aliphatic rings. The minimum Gasteiger partial charge on any atom is -0.305 e. The molecule has 0 aromatic carbocycles. The van der Waals surface area contributed by atoms with Crippen molar-refractivity contribution in [3.63, 3.8) is 0 Å². The van der Waals surface area contributed by atoms with Crippen molar-refractivity contribution in [1.29, 1.82) is 0 Å². The SMILES string of the molecule is Cn1c(Br)c(I)ccc1=O. The Kier molecular flexibility index (Phi) is 2.51. The first-order chi connectivity index (χ1) is 4.63. The lowest BCUT2D eigenvalue weighted by Crippen LogP contribution is -2.16. The van der Waals surface area contributed by atoms with E-state index in [0.717, 1.165) is 8.17 Å². The fourth-order valence-electron chi connectivity index (χ4n) is 0.582. The van der Waals surface area contributed by atoms with Gasteiger partial charge in [-0.1, -0.05) is 0 Å². The monoisotopic (exact) mass is 313 g/mol. The zero-order valence-electron chi connectivity index (χ0n) is 5.27. The van der Waals surface area contributed by atoms with Gasteiger partial charge in [-0.15, -0.1) is 0 Å². The van der Waals surface area contributed by atoms with Gasteiger partial charge in [-0.25, -0.2) is 0 Å². The summed E-state index contributed by atoms with van der Waals surface area (Å²) in [5.74, 6) is 0. The van der Waals surface area contributed by atoms with E-state index in [0.29, 0.717) is 0 Å². The standard InChI is InChI=1S/C6H5BrINO/c1-9-5(10)3-2-4(8)6(9)7/h2-3H,1H3. The highest BCUT2D eigenvalue weighted by molar-refractivity contribution is 14.1. The highest BCUT2D eigenvalue weighted by Gasteiger charge is 1.98. The largest absolute Gasteiger partial charge is 0.305 e. The molecule has 0 bridgehead atoms. The van der Waals surface area contributed by atoms with Crippen LogP contribution in [-0.2, 0) is 7.05 Å². The molecule has 54 valence electrons. The van der Waals surface area contributed by atoms with Crippen molar-refractivity contribution in [3.8, 4) is 0 Å². The summed E-state index contributed by atoms with van der Waals surface area (Å²) < 4.78 is 3.43. The molecule has 10 heavy (non-hydrogen) atoms. The first-order valence-corrected chi connectivity index (χ1v) is 4.51. The summed E-state index contributed by atoms with van der Waals surface area (Å²) in [6.07, 6.45) is 0. The minimum absolute atomic E-state index is 0.00675. The maximum atomic E-state index is 10.9. The number of aromatic nitrogens is 1. The lowest BCUT2D eigenvalue weighted by Gasteiger charge is -2.00. The summed E-state index contributed by atoms with van der Waals surface area (Å²) in [5, 5.41) is 0. The van der Waals surface area contributed by atoms with Gasteiger partial charge >= 0.3 is 0 Å². The van der Waals surface area contributed by atoms with Crippen LogP contribution in [0.25, 0.3) is 0 Å². The highest BCUT2D eigenvalue weighted by atomic mass is 127. The van der Waals surface area contributed by atoms with Crippen molar-refractivity contribution in [2.45, 2.75) is 0 Å². The smallest absolute Gasteiger partial charge is 0.251 e. The molecule has 0 aliphatic heterocycles. The van der Waals surface area contributed by atoms with E-state index in [2.05, 4.69) is 38.5 Å². The molecular weight excluding hydrogens is 309 g/mol. The van der Waals surface area contributed by atoms with E-state index < -0.39 is 0 Å². The molecule has 1 aromatic rings. The van der Waals surface area contributed by atoms with Crippen LogP contribution < -0.4 is 5.56 Å². The summed E-state index contributed by atoms with van der Waals surface area (Å²) in [6, 6.07) is 3.33. The molecule has 0 saturated heterocycles. The van der Waals surface area contributed by atoms with Gasteiger partial charge in [0.2, 0.25) is 0 Å². The second-order valence-corrected chi connectivity index (χ2v) is 3.78. The van der Waals surface area contributed by atoms with Gasteiger partial charge in [-0.05, 0) is 44.6 Å². The third-order valence-electron chi connectivity index (χ3n) is 1.19. The first-order valence-electron chi connectivity index (χ1n) is 2.64. The quantitative estimate of drug-likeness (QED) is 0.528. The molecule has 0 atom stereocenters. The summed E-state index contributed by atoms with van der Waals surface area (Å²) in [5.41, 5.74) is 0.00675. The normalized spacial score (nSPS) is 9.90.